The average Bonchev–Trinajstić information content (AvgIpc) is 2.78. The normalized spacial score (nSPS) is 12.8. The van der Waals surface area contributed by atoms with Crippen molar-refractivity contribution in [1.82, 2.24) is 4.90 Å². The summed E-state index contributed by atoms with van der Waals surface area (Å²) in [5.74, 6) is 0.876. The van der Waals surface area contributed by atoms with Crippen LogP contribution in [0.25, 0.3) is 0 Å². The van der Waals surface area contributed by atoms with Gasteiger partial charge in [-0.3, -0.25) is 4.79 Å². The Bertz CT molecular complexity index is 896. The van der Waals surface area contributed by atoms with Crippen molar-refractivity contribution in [2.75, 3.05) is 6.61 Å². The number of carbonyl (C=O) groups is 1. The van der Waals surface area contributed by atoms with Crippen LogP contribution in [-0.4, -0.2) is 17.4 Å². The molecule has 0 heterocycles. The molecule has 0 unspecified atom stereocenters. The standard InChI is InChI=1S/C26H27NO2/c28-26(20-29-25-17-9-15-23-14-7-8-16-24(23)25)27(18-21-10-3-1-4-11-21)19-22-12-5-2-6-13-22/h1-6,9-13,15,17H,7-8,14,16,18-20H2. The minimum Gasteiger partial charge on any atom is -0.483 e. The zero-order valence-corrected chi connectivity index (χ0v) is 16.7. The highest BCUT2D eigenvalue weighted by Gasteiger charge is 2.18. The Morgan fingerprint density at radius 1 is 0.759 bits per heavy atom. The molecule has 0 saturated carbocycles. The average molecular weight is 386 g/mol. The van der Waals surface area contributed by atoms with Gasteiger partial charge in [-0.15, -0.1) is 0 Å². The molecular weight excluding hydrogens is 358 g/mol. The highest BCUT2D eigenvalue weighted by molar-refractivity contribution is 5.78. The molecule has 4 rings (SSSR count). The van der Waals surface area contributed by atoms with E-state index in [1.165, 1.54) is 24.0 Å². The van der Waals surface area contributed by atoms with E-state index in [-0.39, 0.29) is 12.5 Å². The number of nitrogens with zero attached hydrogens (tertiary/aromatic N) is 1. The summed E-state index contributed by atoms with van der Waals surface area (Å²) < 4.78 is 6.03. The van der Waals surface area contributed by atoms with Gasteiger partial charge >= 0.3 is 0 Å². The first-order chi connectivity index (χ1) is 14.3. The Hall–Kier alpha value is -3.07. The third-order valence-electron chi connectivity index (χ3n) is 5.49. The summed E-state index contributed by atoms with van der Waals surface area (Å²) >= 11 is 0. The first-order valence-electron chi connectivity index (χ1n) is 10.4. The molecule has 0 fully saturated rings. The summed E-state index contributed by atoms with van der Waals surface area (Å²) in [6.07, 6.45) is 4.57. The van der Waals surface area contributed by atoms with Gasteiger partial charge in [0.2, 0.25) is 0 Å². The molecule has 148 valence electrons. The number of fused-ring (bicyclic) bond motifs is 1. The van der Waals surface area contributed by atoms with E-state index in [0.717, 1.165) is 29.7 Å². The molecule has 3 heteroatoms. The van der Waals surface area contributed by atoms with Crippen LogP contribution in [-0.2, 0) is 30.7 Å². The quantitative estimate of drug-likeness (QED) is 0.561. The van der Waals surface area contributed by atoms with E-state index in [1.807, 2.05) is 53.4 Å². The van der Waals surface area contributed by atoms with Crippen molar-refractivity contribution >= 4 is 5.91 Å². The lowest BCUT2D eigenvalue weighted by Gasteiger charge is -2.24. The first kappa shape index (κ1) is 19.3. The molecule has 0 saturated heterocycles. The van der Waals surface area contributed by atoms with Crippen LogP contribution in [0, 0.1) is 0 Å². The van der Waals surface area contributed by atoms with Crippen LogP contribution in [0.4, 0.5) is 0 Å². The number of ether oxygens (including phenoxy) is 1. The topological polar surface area (TPSA) is 29.5 Å². The van der Waals surface area contributed by atoms with Crippen LogP contribution < -0.4 is 4.74 Å². The Kier molecular flexibility index (Phi) is 6.25. The molecule has 1 aliphatic rings. The zero-order chi connectivity index (χ0) is 19.9. The van der Waals surface area contributed by atoms with Gasteiger partial charge in [-0.25, -0.2) is 0 Å². The van der Waals surface area contributed by atoms with Crippen LogP contribution in [0.15, 0.2) is 78.9 Å². The second-order valence-electron chi connectivity index (χ2n) is 7.61. The summed E-state index contributed by atoms with van der Waals surface area (Å²) in [5, 5.41) is 0. The molecule has 29 heavy (non-hydrogen) atoms. The van der Waals surface area contributed by atoms with E-state index in [0.29, 0.717) is 13.1 Å². The van der Waals surface area contributed by atoms with Crippen LogP contribution in [0.5, 0.6) is 5.75 Å². The molecule has 1 aliphatic carbocycles. The van der Waals surface area contributed by atoms with Crippen LogP contribution in [0.1, 0.15) is 35.1 Å². The van der Waals surface area contributed by atoms with E-state index < -0.39 is 0 Å². The molecule has 0 spiro atoms. The lowest BCUT2D eigenvalue weighted by atomic mass is 9.91. The van der Waals surface area contributed by atoms with Gasteiger partial charge in [0, 0.05) is 13.1 Å². The summed E-state index contributed by atoms with van der Waals surface area (Å²) in [7, 11) is 0. The maximum Gasteiger partial charge on any atom is 0.261 e. The Morgan fingerprint density at radius 3 is 2.03 bits per heavy atom. The molecular formula is C26H27NO2. The van der Waals surface area contributed by atoms with Gasteiger partial charge in [-0.1, -0.05) is 72.8 Å². The summed E-state index contributed by atoms with van der Waals surface area (Å²) in [6.45, 7) is 1.21. The van der Waals surface area contributed by atoms with Gasteiger partial charge in [0.25, 0.3) is 5.91 Å². The summed E-state index contributed by atoms with van der Waals surface area (Å²) in [6, 6.07) is 26.5. The van der Waals surface area contributed by atoms with Crippen molar-refractivity contribution < 1.29 is 9.53 Å². The third kappa shape index (κ3) is 5.05. The number of hydrogen-bond donors (Lipinski definition) is 0. The summed E-state index contributed by atoms with van der Waals surface area (Å²) in [5.41, 5.74) is 4.89. The molecule has 3 nitrogen and oxygen atoms in total. The monoisotopic (exact) mass is 385 g/mol. The maximum atomic E-state index is 13.1. The van der Waals surface area contributed by atoms with Gasteiger partial charge in [0.15, 0.2) is 6.61 Å². The van der Waals surface area contributed by atoms with Gasteiger partial charge in [-0.2, -0.15) is 0 Å². The van der Waals surface area contributed by atoms with Gasteiger partial charge < -0.3 is 9.64 Å². The molecule has 1 amide bonds. The fourth-order valence-electron chi connectivity index (χ4n) is 3.95. The molecule has 0 N–H and O–H groups in total. The van der Waals surface area contributed by atoms with Crippen molar-refractivity contribution in [3.63, 3.8) is 0 Å². The van der Waals surface area contributed by atoms with Crippen molar-refractivity contribution in [2.45, 2.75) is 38.8 Å². The number of benzene rings is 3. The van der Waals surface area contributed by atoms with Gasteiger partial charge in [0.05, 0.1) is 0 Å². The maximum absolute atomic E-state index is 13.1. The zero-order valence-electron chi connectivity index (χ0n) is 16.7. The lowest BCUT2D eigenvalue weighted by Crippen LogP contribution is -2.34. The lowest BCUT2D eigenvalue weighted by molar-refractivity contribution is -0.134. The molecule has 0 atom stereocenters. The van der Waals surface area contributed by atoms with E-state index in [9.17, 15) is 4.79 Å². The van der Waals surface area contributed by atoms with Gasteiger partial charge in [0.1, 0.15) is 5.75 Å². The Morgan fingerprint density at radius 2 is 1.38 bits per heavy atom. The predicted molar refractivity (Wildman–Crippen MR) is 116 cm³/mol. The van der Waals surface area contributed by atoms with E-state index in [1.54, 1.807) is 0 Å². The molecule has 0 bridgehead atoms. The molecule has 0 aromatic heterocycles. The van der Waals surface area contributed by atoms with E-state index in [2.05, 4.69) is 30.3 Å². The van der Waals surface area contributed by atoms with Gasteiger partial charge in [-0.05, 0) is 54.0 Å². The number of hydrogen-bond acceptors (Lipinski definition) is 2. The smallest absolute Gasteiger partial charge is 0.261 e. The minimum absolute atomic E-state index is 0.00567. The fraction of sp³-hybridized carbons (Fsp3) is 0.269. The van der Waals surface area contributed by atoms with Crippen LogP contribution >= 0.6 is 0 Å². The van der Waals surface area contributed by atoms with E-state index >= 15 is 0 Å². The third-order valence-corrected chi connectivity index (χ3v) is 5.49. The Labute approximate surface area is 172 Å². The molecule has 0 aliphatic heterocycles. The van der Waals surface area contributed by atoms with Crippen molar-refractivity contribution in [3.8, 4) is 5.75 Å². The number of amides is 1. The highest BCUT2D eigenvalue weighted by Crippen LogP contribution is 2.29. The van der Waals surface area contributed by atoms with E-state index in [4.69, 9.17) is 4.74 Å². The second-order valence-corrected chi connectivity index (χ2v) is 7.61. The van der Waals surface area contributed by atoms with Crippen molar-refractivity contribution in [1.29, 1.82) is 0 Å². The SMILES string of the molecule is O=C(COc1cccc2c1CCCC2)N(Cc1ccccc1)Cc1ccccc1. The van der Waals surface area contributed by atoms with Crippen LogP contribution in [0.2, 0.25) is 0 Å². The molecule has 0 radical (unpaired) electrons. The first-order valence-corrected chi connectivity index (χ1v) is 10.4. The number of aryl methyl sites for hydroxylation is 1. The van der Waals surface area contributed by atoms with Crippen LogP contribution in [0.3, 0.4) is 0 Å². The fourth-order valence-corrected chi connectivity index (χ4v) is 3.95. The molecule has 3 aromatic rings. The minimum atomic E-state index is 0.00567. The predicted octanol–water partition coefficient (Wildman–Crippen LogP) is 5.17. The number of rotatable bonds is 7. The van der Waals surface area contributed by atoms with Crippen molar-refractivity contribution in [3.05, 3.63) is 101 Å². The second kappa shape index (κ2) is 9.42. The highest BCUT2D eigenvalue weighted by atomic mass is 16.5. The van der Waals surface area contributed by atoms with Crippen molar-refractivity contribution in [2.24, 2.45) is 0 Å². The Balaban J connectivity index is 1.47. The summed E-state index contributed by atoms with van der Waals surface area (Å²) in [4.78, 5) is 15.0. The largest absolute Gasteiger partial charge is 0.483 e. The number of carbonyl (C=O) groups excluding carboxylic acids is 1. The molecule has 3 aromatic carbocycles.